The van der Waals surface area contributed by atoms with E-state index in [1.54, 1.807) is 12.1 Å². The van der Waals surface area contributed by atoms with E-state index in [1.165, 1.54) is 0 Å². The molecule has 2 aromatic carbocycles. The molecule has 4 heteroatoms. The van der Waals surface area contributed by atoms with Crippen molar-refractivity contribution in [3.05, 3.63) is 64.9 Å². The van der Waals surface area contributed by atoms with Gasteiger partial charge >= 0.3 is 0 Å². The molecule has 0 unspecified atom stereocenters. The van der Waals surface area contributed by atoms with Crippen LogP contribution in [0.4, 0.5) is 0 Å². The molecule has 0 bridgehead atoms. The molecule has 3 aromatic rings. The van der Waals surface area contributed by atoms with Crippen LogP contribution in [0.3, 0.4) is 0 Å². The molecule has 3 rings (SSSR count). The number of halogens is 1. The molecule has 0 aliphatic heterocycles. The summed E-state index contributed by atoms with van der Waals surface area (Å²) in [5, 5.41) is 1.37. The average molecular weight is 301 g/mol. The highest BCUT2D eigenvalue weighted by atomic mass is 35.5. The van der Waals surface area contributed by atoms with E-state index in [1.807, 2.05) is 36.4 Å². The van der Waals surface area contributed by atoms with Gasteiger partial charge in [0.15, 0.2) is 0 Å². The van der Waals surface area contributed by atoms with E-state index in [2.05, 4.69) is 0 Å². The lowest BCUT2D eigenvalue weighted by Gasteiger charge is -2.07. The lowest BCUT2D eigenvalue weighted by atomic mass is 10.2. The van der Waals surface area contributed by atoms with E-state index in [-0.39, 0.29) is 6.42 Å². The fraction of sp³-hybridized carbons (Fsp3) is 0.118. The summed E-state index contributed by atoms with van der Waals surface area (Å²) in [7, 11) is 0. The molecule has 1 heterocycles. The Morgan fingerprint density at radius 1 is 1.14 bits per heavy atom. The number of furan rings is 1. The molecule has 0 saturated heterocycles. The molecule has 1 aromatic heterocycles. The maximum Gasteiger partial charge on any atom is 0.139 e. The third-order valence-corrected chi connectivity index (χ3v) is 3.36. The minimum atomic E-state index is 0.241. The van der Waals surface area contributed by atoms with Crippen molar-refractivity contribution in [2.24, 2.45) is 0 Å². The maximum absolute atomic E-state index is 10.6. The van der Waals surface area contributed by atoms with E-state index >= 15 is 0 Å². The number of carbonyl (C=O) groups excluding carboxylic acids is 1. The second-order valence-corrected chi connectivity index (χ2v) is 5.11. The number of carbonyl (C=O) groups is 1. The first-order valence-electron chi connectivity index (χ1n) is 6.58. The standard InChI is InChI=1S/C17H13ClO3/c18-13-8-16(20-11-12-4-2-1-3-5-12)15-10-14(6-7-19)21-17(15)9-13/h1-5,7-10H,6,11H2. The molecule has 0 amide bonds. The van der Waals surface area contributed by atoms with Crippen LogP contribution in [0, 0.1) is 0 Å². The topological polar surface area (TPSA) is 39.4 Å². The Balaban J connectivity index is 1.91. The predicted octanol–water partition coefficient (Wildman–Crippen LogP) is 4.41. The first kappa shape index (κ1) is 13.7. The fourth-order valence-corrected chi connectivity index (χ4v) is 2.36. The predicted molar refractivity (Wildman–Crippen MR) is 81.8 cm³/mol. The van der Waals surface area contributed by atoms with Crippen molar-refractivity contribution in [3.63, 3.8) is 0 Å². The van der Waals surface area contributed by atoms with E-state index < -0.39 is 0 Å². The van der Waals surface area contributed by atoms with Crippen molar-refractivity contribution >= 4 is 28.9 Å². The maximum atomic E-state index is 10.6. The van der Waals surface area contributed by atoms with Gasteiger partial charge in [-0.1, -0.05) is 41.9 Å². The number of benzene rings is 2. The number of rotatable bonds is 5. The molecule has 3 nitrogen and oxygen atoms in total. The van der Waals surface area contributed by atoms with Gasteiger partial charge in [-0.3, -0.25) is 0 Å². The van der Waals surface area contributed by atoms with E-state index in [0.717, 1.165) is 17.2 Å². The highest BCUT2D eigenvalue weighted by molar-refractivity contribution is 6.31. The molecule has 106 valence electrons. The van der Waals surface area contributed by atoms with Gasteiger partial charge in [-0.25, -0.2) is 0 Å². The van der Waals surface area contributed by atoms with Gasteiger partial charge in [0, 0.05) is 11.1 Å². The first-order chi connectivity index (χ1) is 10.3. The van der Waals surface area contributed by atoms with Gasteiger partial charge < -0.3 is 13.9 Å². The summed E-state index contributed by atoms with van der Waals surface area (Å²) < 4.78 is 11.4. The van der Waals surface area contributed by atoms with Crippen LogP contribution in [0.25, 0.3) is 11.0 Å². The number of aldehydes is 1. The molecule has 0 spiro atoms. The van der Waals surface area contributed by atoms with E-state index in [9.17, 15) is 4.79 Å². The molecular weight excluding hydrogens is 288 g/mol. The Morgan fingerprint density at radius 3 is 2.71 bits per heavy atom. The fourth-order valence-electron chi connectivity index (χ4n) is 2.16. The Hall–Kier alpha value is -2.26. The van der Waals surface area contributed by atoms with Crippen LogP contribution in [0.15, 0.2) is 52.9 Å². The van der Waals surface area contributed by atoms with Gasteiger partial charge in [0.1, 0.15) is 30.0 Å². The lowest BCUT2D eigenvalue weighted by Crippen LogP contribution is -1.95. The largest absolute Gasteiger partial charge is 0.488 e. The van der Waals surface area contributed by atoms with Crippen molar-refractivity contribution in [2.45, 2.75) is 13.0 Å². The molecule has 0 saturated carbocycles. The third-order valence-electron chi connectivity index (χ3n) is 3.14. The van der Waals surface area contributed by atoms with Crippen molar-refractivity contribution in [1.29, 1.82) is 0 Å². The quantitative estimate of drug-likeness (QED) is 0.655. The molecule has 0 aliphatic rings. The summed E-state index contributed by atoms with van der Waals surface area (Å²) in [6.45, 7) is 0.449. The SMILES string of the molecule is O=CCc1cc2c(OCc3ccccc3)cc(Cl)cc2o1. The van der Waals surface area contributed by atoms with Gasteiger partial charge in [-0.05, 0) is 17.7 Å². The van der Waals surface area contributed by atoms with Crippen LogP contribution < -0.4 is 4.74 Å². The van der Waals surface area contributed by atoms with Crippen molar-refractivity contribution < 1.29 is 13.9 Å². The first-order valence-corrected chi connectivity index (χ1v) is 6.96. The monoisotopic (exact) mass is 300 g/mol. The van der Waals surface area contributed by atoms with Crippen molar-refractivity contribution in [3.8, 4) is 5.75 Å². The van der Waals surface area contributed by atoms with Crippen molar-refractivity contribution in [1.82, 2.24) is 0 Å². The normalized spacial score (nSPS) is 10.7. The summed E-state index contributed by atoms with van der Waals surface area (Å²) in [6.07, 6.45) is 1.05. The van der Waals surface area contributed by atoms with Crippen LogP contribution in [0.5, 0.6) is 5.75 Å². The zero-order chi connectivity index (χ0) is 14.7. The van der Waals surface area contributed by atoms with Gasteiger partial charge in [0.2, 0.25) is 0 Å². The Kier molecular flexibility index (Phi) is 3.93. The average Bonchev–Trinajstić information content (AvgIpc) is 2.88. The number of ether oxygens (including phenoxy) is 1. The van der Waals surface area contributed by atoms with Gasteiger partial charge in [-0.15, -0.1) is 0 Å². The smallest absolute Gasteiger partial charge is 0.139 e. The molecule has 21 heavy (non-hydrogen) atoms. The summed E-state index contributed by atoms with van der Waals surface area (Å²) in [5.41, 5.74) is 1.70. The summed E-state index contributed by atoms with van der Waals surface area (Å²) in [4.78, 5) is 10.6. The van der Waals surface area contributed by atoms with Gasteiger partial charge in [0.25, 0.3) is 0 Å². The van der Waals surface area contributed by atoms with E-state index in [0.29, 0.717) is 28.7 Å². The molecule has 0 atom stereocenters. The minimum absolute atomic E-state index is 0.241. The second kappa shape index (κ2) is 6.02. The van der Waals surface area contributed by atoms with Crippen LogP contribution in [0.2, 0.25) is 5.02 Å². The molecule has 0 aliphatic carbocycles. The molecule has 0 fully saturated rings. The molecular formula is C17H13ClO3. The number of fused-ring (bicyclic) bond motifs is 1. The van der Waals surface area contributed by atoms with Crippen molar-refractivity contribution in [2.75, 3.05) is 0 Å². The van der Waals surface area contributed by atoms with E-state index in [4.69, 9.17) is 20.8 Å². The summed E-state index contributed by atoms with van der Waals surface area (Å²) >= 11 is 6.08. The summed E-state index contributed by atoms with van der Waals surface area (Å²) in [5.74, 6) is 1.26. The van der Waals surface area contributed by atoms with Crippen LogP contribution >= 0.6 is 11.6 Å². The third kappa shape index (κ3) is 3.09. The molecule has 0 N–H and O–H groups in total. The number of hydrogen-bond acceptors (Lipinski definition) is 3. The second-order valence-electron chi connectivity index (χ2n) is 4.67. The summed E-state index contributed by atoms with van der Waals surface area (Å²) in [6, 6.07) is 15.2. The Morgan fingerprint density at radius 2 is 1.95 bits per heavy atom. The molecule has 0 radical (unpaired) electrons. The zero-order valence-electron chi connectivity index (χ0n) is 11.2. The lowest BCUT2D eigenvalue weighted by molar-refractivity contribution is -0.107. The van der Waals surface area contributed by atoms with Crippen LogP contribution in [-0.4, -0.2) is 6.29 Å². The number of hydrogen-bond donors (Lipinski definition) is 0. The Labute approximate surface area is 127 Å². The van der Waals surface area contributed by atoms with Crippen LogP contribution in [-0.2, 0) is 17.8 Å². The van der Waals surface area contributed by atoms with Crippen LogP contribution in [0.1, 0.15) is 11.3 Å². The highest BCUT2D eigenvalue weighted by Gasteiger charge is 2.11. The zero-order valence-corrected chi connectivity index (χ0v) is 12.0. The highest BCUT2D eigenvalue weighted by Crippen LogP contribution is 2.33. The van der Waals surface area contributed by atoms with Gasteiger partial charge in [-0.2, -0.15) is 0 Å². The minimum Gasteiger partial charge on any atom is -0.488 e. The Bertz CT molecular complexity index is 762. The van der Waals surface area contributed by atoms with Gasteiger partial charge in [0.05, 0.1) is 11.8 Å².